The Labute approximate surface area is 173 Å². The second kappa shape index (κ2) is 9.03. The zero-order chi connectivity index (χ0) is 20.1. The van der Waals surface area contributed by atoms with Gasteiger partial charge in [0.1, 0.15) is 5.82 Å². The van der Waals surface area contributed by atoms with Crippen LogP contribution in [0, 0.1) is 5.82 Å². The number of thiophene rings is 1. The summed E-state index contributed by atoms with van der Waals surface area (Å²) in [6.45, 7) is 0.420. The van der Waals surface area contributed by atoms with Crippen molar-refractivity contribution in [3.05, 3.63) is 82.6 Å². The molecule has 0 spiro atoms. The minimum absolute atomic E-state index is 0.0609. The van der Waals surface area contributed by atoms with Gasteiger partial charge < -0.3 is 10.2 Å². The van der Waals surface area contributed by atoms with Crippen LogP contribution < -0.4 is 14.8 Å². The maximum Gasteiger partial charge on any atom is 0.271 e. The van der Waals surface area contributed by atoms with Gasteiger partial charge in [-0.2, -0.15) is 4.57 Å². The number of hydrogen-bond donors (Lipinski definition) is 1. The Morgan fingerprint density at radius 2 is 1.86 bits per heavy atom. The van der Waals surface area contributed by atoms with E-state index in [-0.39, 0.29) is 11.6 Å². The summed E-state index contributed by atoms with van der Waals surface area (Å²) < 4.78 is 14.9. The van der Waals surface area contributed by atoms with E-state index in [1.165, 1.54) is 23.5 Å². The summed E-state index contributed by atoms with van der Waals surface area (Å²) in [6, 6.07) is 13.1. The van der Waals surface area contributed by atoms with Gasteiger partial charge in [-0.05, 0) is 29.1 Å². The number of hydrogen-bond acceptors (Lipinski definition) is 4. The van der Waals surface area contributed by atoms with Gasteiger partial charge in [-0.25, -0.2) is 4.39 Å². The molecule has 0 aliphatic carbocycles. The molecule has 0 amide bonds. The van der Waals surface area contributed by atoms with Crippen molar-refractivity contribution in [2.24, 2.45) is 0 Å². The molecule has 2 aromatic heterocycles. The number of anilines is 1. The molecule has 4 nitrogen and oxygen atoms in total. The van der Waals surface area contributed by atoms with Crippen LogP contribution in [0.5, 0.6) is 0 Å². The standard InChI is InChI=1S/C21H20FN3OS2/c1-24(2)17-9-11-25(12-10-17)19(20(26)18-4-3-13-28-18)21(27)23-14-15-5-7-16(22)8-6-15/h3-13,19H,14H2,1-2H3/p+1/t19-/m1/s1. The molecule has 0 unspecified atom stereocenters. The molecule has 0 aliphatic heterocycles. The van der Waals surface area contributed by atoms with Crippen molar-refractivity contribution < 1.29 is 13.8 Å². The van der Waals surface area contributed by atoms with Crippen molar-refractivity contribution in [3.63, 3.8) is 0 Å². The fourth-order valence-corrected chi connectivity index (χ4v) is 3.72. The van der Waals surface area contributed by atoms with Crippen LogP contribution in [0.1, 0.15) is 21.3 Å². The summed E-state index contributed by atoms with van der Waals surface area (Å²) in [7, 11) is 3.92. The van der Waals surface area contributed by atoms with E-state index in [0.717, 1.165) is 11.3 Å². The van der Waals surface area contributed by atoms with E-state index in [2.05, 4.69) is 5.32 Å². The van der Waals surface area contributed by atoms with Gasteiger partial charge >= 0.3 is 0 Å². The summed E-state index contributed by atoms with van der Waals surface area (Å²) in [6.07, 6.45) is 3.72. The lowest BCUT2D eigenvalue weighted by molar-refractivity contribution is -0.692. The number of Topliss-reactive ketones (excluding diaryl/α,β-unsaturated/α-hetero) is 1. The summed E-state index contributed by atoms with van der Waals surface area (Å²) in [5.74, 6) is -0.345. The number of pyridine rings is 1. The lowest BCUT2D eigenvalue weighted by Gasteiger charge is -2.16. The Hall–Kier alpha value is -2.64. The van der Waals surface area contributed by atoms with E-state index in [4.69, 9.17) is 12.2 Å². The highest BCUT2D eigenvalue weighted by molar-refractivity contribution is 7.80. The molecule has 0 saturated carbocycles. The highest BCUT2D eigenvalue weighted by atomic mass is 32.1. The van der Waals surface area contributed by atoms with Crippen LogP contribution in [0.15, 0.2) is 66.3 Å². The fraction of sp³-hybridized carbons (Fsp3) is 0.190. The molecule has 0 radical (unpaired) electrons. The molecule has 144 valence electrons. The van der Waals surface area contributed by atoms with Crippen LogP contribution in [0.2, 0.25) is 0 Å². The van der Waals surface area contributed by atoms with Crippen LogP contribution in [-0.4, -0.2) is 24.9 Å². The molecule has 1 aromatic carbocycles. The molecule has 7 heteroatoms. The Morgan fingerprint density at radius 1 is 1.18 bits per heavy atom. The molecule has 2 heterocycles. The minimum atomic E-state index is -0.648. The summed E-state index contributed by atoms with van der Waals surface area (Å²) in [4.78, 5) is 16.2. The van der Waals surface area contributed by atoms with E-state index in [1.54, 1.807) is 18.2 Å². The number of rotatable bonds is 7. The van der Waals surface area contributed by atoms with Crippen molar-refractivity contribution >= 4 is 40.0 Å². The predicted octanol–water partition coefficient (Wildman–Crippen LogP) is 3.78. The predicted molar refractivity (Wildman–Crippen MR) is 114 cm³/mol. The van der Waals surface area contributed by atoms with E-state index >= 15 is 0 Å². The third-order valence-corrected chi connectivity index (χ3v) is 5.54. The second-order valence-electron chi connectivity index (χ2n) is 6.49. The molecule has 0 saturated heterocycles. The van der Waals surface area contributed by atoms with E-state index in [0.29, 0.717) is 16.4 Å². The number of ketones is 1. The van der Waals surface area contributed by atoms with Gasteiger partial charge in [-0.15, -0.1) is 11.3 Å². The maximum absolute atomic E-state index is 13.1. The molecule has 0 fully saturated rings. The van der Waals surface area contributed by atoms with Gasteiger partial charge in [0.15, 0.2) is 17.4 Å². The number of nitrogens with one attached hydrogen (secondary N) is 1. The first-order chi connectivity index (χ1) is 13.5. The molecule has 1 N–H and O–H groups in total. The number of benzene rings is 1. The van der Waals surface area contributed by atoms with E-state index < -0.39 is 6.04 Å². The van der Waals surface area contributed by atoms with Gasteiger partial charge in [-0.3, -0.25) is 4.79 Å². The van der Waals surface area contributed by atoms with Crippen LogP contribution >= 0.6 is 23.6 Å². The highest BCUT2D eigenvalue weighted by Crippen LogP contribution is 2.17. The number of nitrogens with zero attached hydrogens (tertiary/aromatic N) is 2. The lowest BCUT2D eigenvalue weighted by atomic mass is 10.1. The smallest absolute Gasteiger partial charge is 0.271 e. The summed E-state index contributed by atoms with van der Waals surface area (Å²) in [5, 5.41) is 5.03. The molecule has 0 bridgehead atoms. The van der Waals surface area contributed by atoms with Crippen LogP contribution in [0.25, 0.3) is 0 Å². The van der Waals surface area contributed by atoms with Gasteiger partial charge in [0.2, 0.25) is 5.78 Å². The first kappa shape index (κ1) is 20.1. The Bertz CT molecular complexity index is 939. The highest BCUT2D eigenvalue weighted by Gasteiger charge is 2.33. The number of carbonyl (C=O) groups excluding carboxylic acids is 1. The van der Waals surface area contributed by atoms with Crippen molar-refractivity contribution in [1.29, 1.82) is 0 Å². The van der Waals surface area contributed by atoms with Gasteiger partial charge in [-0.1, -0.05) is 30.4 Å². The molecule has 0 aliphatic rings. The SMILES string of the molecule is CN(C)c1cc[n+]([C@H](C(=O)c2cccs2)C(=S)NCc2ccc(F)cc2)cc1. The topological polar surface area (TPSA) is 36.2 Å². The first-order valence-corrected chi connectivity index (χ1v) is 10.0. The van der Waals surface area contributed by atoms with Crippen molar-refractivity contribution in [3.8, 4) is 0 Å². The van der Waals surface area contributed by atoms with Gasteiger partial charge in [0.25, 0.3) is 6.04 Å². The fourth-order valence-electron chi connectivity index (χ4n) is 2.73. The van der Waals surface area contributed by atoms with Crippen LogP contribution in [0.4, 0.5) is 10.1 Å². The number of aromatic nitrogens is 1. The van der Waals surface area contributed by atoms with Gasteiger partial charge in [0.05, 0.1) is 4.88 Å². The average Bonchev–Trinajstić information content (AvgIpc) is 3.23. The number of halogens is 1. The number of thiocarbonyl (C=S) groups is 1. The van der Waals surface area contributed by atoms with E-state index in [9.17, 15) is 9.18 Å². The lowest BCUT2D eigenvalue weighted by Crippen LogP contribution is -2.51. The Kier molecular flexibility index (Phi) is 6.49. The number of carbonyl (C=O) groups is 1. The first-order valence-electron chi connectivity index (χ1n) is 8.73. The summed E-state index contributed by atoms with van der Waals surface area (Å²) in [5.41, 5.74) is 1.92. The third-order valence-electron chi connectivity index (χ3n) is 4.29. The van der Waals surface area contributed by atoms with E-state index in [1.807, 2.05) is 59.5 Å². The van der Waals surface area contributed by atoms with Crippen molar-refractivity contribution in [2.75, 3.05) is 19.0 Å². The van der Waals surface area contributed by atoms with Crippen molar-refractivity contribution in [2.45, 2.75) is 12.6 Å². The minimum Gasteiger partial charge on any atom is -0.377 e. The average molecular weight is 415 g/mol. The molecule has 3 aromatic rings. The largest absolute Gasteiger partial charge is 0.377 e. The second-order valence-corrected chi connectivity index (χ2v) is 7.87. The zero-order valence-corrected chi connectivity index (χ0v) is 17.3. The quantitative estimate of drug-likeness (QED) is 0.363. The van der Waals surface area contributed by atoms with Crippen LogP contribution in [-0.2, 0) is 6.54 Å². The van der Waals surface area contributed by atoms with Crippen LogP contribution in [0.3, 0.4) is 0 Å². The monoisotopic (exact) mass is 414 g/mol. The molecular formula is C21H21FN3OS2+. The molecular weight excluding hydrogens is 393 g/mol. The van der Waals surface area contributed by atoms with Crippen molar-refractivity contribution in [1.82, 2.24) is 5.32 Å². The third kappa shape index (κ3) is 4.79. The maximum atomic E-state index is 13.1. The zero-order valence-electron chi connectivity index (χ0n) is 15.6. The molecule has 3 rings (SSSR count). The molecule has 28 heavy (non-hydrogen) atoms. The van der Waals surface area contributed by atoms with Gasteiger partial charge in [0, 0.05) is 38.5 Å². The Balaban J connectivity index is 1.83. The normalized spacial score (nSPS) is 11.7. The molecule has 1 atom stereocenters. The summed E-state index contributed by atoms with van der Waals surface area (Å²) >= 11 is 6.98. The Morgan fingerprint density at radius 3 is 2.43 bits per heavy atom.